The van der Waals surface area contributed by atoms with Crippen LogP contribution in [0, 0.1) is 6.92 Å². The third-order valence-electron chi connectivity index (χ3n) is 2.77. The van der Waals surface area contributed by atoms with Crippen molar-refractivity contribution in [3.63, 3.8) is 0 Å². The zero-order chi connectivity index (χ0) is 12.7. The highest BCUT2D eigenvalue weighted by atomic mass is 16.1. The topological polar surface area (TPSA) is 55.1 Å². The number of nitrogens with two attached hydrogens (primary N) is 1. The van der Waals surface area contributed by atoms with Crippen molar-refractivity contribution in [2.24, 2.45) is 0 Å². The van der Waals surface area contributed by atoms with Gasteiger partial charge in [-0.3, -0.25) is 4.79 Å². The Morgan fingerprint density at radius 3 is 2.76 bits per heavy atom. The van der Waals surface area contributed by atoms with Gasteiger partial charge in [-0.1, -0.05) is 37.8 Å². The number of carbonyl (C=O) groups is 1. The molecule has 3 N–H and O–H groups in total. The first-order valence-electron chi connectivity index (χ1n) is 6.29. The van der Waals surface area contributed by atoms with Gasteiger partial charge in [0.2, 0.25) is 0 Å². The maximum Gasteiger partial charge on any atom is 0.253 e. The number of anilines is 1. The first kappa shape index (κ1) is 13.6. The van der Waals surface area contributed by atoms with Gasteiger partial charge < -0.3 is 11.1 Å². The number of amides is 1. The molecule has 0 heterocycles. The minimum Gasteiger partial charge on any atom is -0.398 e. The summed E-state index contributed by atoms with van der Waals surface area (Å²) < 4.78 is 0. The Bertz CT molecular complexity index is 374. The molecule has 1 aromatic rings. The van der Waals surface area contributed by atoms with Gasteiger partial charge in [0, 0.05) is 12.2 Å². The van der Waals surface area contributed by atoms with Crippen LogP contribution >= 0.6 is 0 Å². The second-order valence-corrected chi connectivity index (χ2v) is 4.41. The largest absolute Gasteiger partial charge is 0.398 e. The van der Waals surface area contributed by atoms with Gasteiger partial charge >= 0.3 is 0 Å². The van der Waals surface area contributed by atoms with Crippen LogP contribution in [0.3, 0.4) is 0 Å². The molecule has 1 amide bonds. The second kappa shape index (κ2) is 6.94. The molecule has 94 valence electrons. The minimum atomic E-state index is -0.0669. The van der Waals surface area contributed by atoms with Gasteiger partial charge in [-0.05, 0) is 25.5 Å². The fourth-order valence-corrected chi connectivity index (χ4v) is 1.72. The van der Waals surface area contributed by atoms with Crippen LogP contribution in [0.15, 0.2) is 18.2 Å². The molecule has 0 fully saturated rings. The monoisotopic (exact) mass is 234 g/mol. The lowest BCUT2D eigenvalue weighted by Crippen LogP contribution is -2.25. The summed E-state index contributed by atoms with van der Waals surface area (Å²) in [6, 6.07) is 5.52. The zero-order valence-corrected chi connectivity index (χ0v) is 10.8. The molecule has 0 spiro atoms. The fourth-order valence-electron chi connectivity index (χ4n) is 1.72. The molecule has 0 bridgehead atoms. The number of nitrogen functional groups attached to an aromatic ring is 1. The Hall–Kier alpha value is -1.51. The smallest absolute Gasteiger partial charge is 0.253 e. The van der Waals surface area contributed by atoms with Gasteiger partial charge in [-0.15, -0.1) is 0 Å². The normalized spacial score (nSPS) is 10.2. The molecule has 0 aliphatic rings. The van der Waals surface area contributed by atoms with Gasteiger partial charge in [-0.2, -0.15) is 0 Å². The van der Waals surface area contributed by atoms with Crippen molar-refractivity contribution >= 4 is 11.6 Å². The molecular formula is C14H22N2O. The van der Waals surface area contributed by atoms with E-state index in [9.17, 15) is 4.79 Å². The van der Waals surface area contributed by atoms with Crippen LogP contribution in [-0.4, -0.2) is 12.5 Å². The lowest BCUT2D eigenvalue weighted by Gasteiger charge is -2.08. The Kier molecular flexibility index (Phi) is 5.53. The predicted octanol–water partition coefficient (Wildman–Crippen LogP) is 2.89. The molecule has 0 unspecified atom stereocenters. The van der Waals surface area contributed by atoms with E-state index in [1.807, 2.05) is 19.1 Å². The van der Waals surface area contributed by atoms with Crippen molar-refractivity contribution in [2.75, 3.05) is 12.3 Å². The van der Waals surface area contributed by atoms with Gasteiger partial charge in [-0.25, -0.2) is 0 Å². The molecule has 3 heteroatoms. The molecule has 0 radical (unpaired) electrons. The predicted molar refractivity (Wildman–Crippen MR) is 72.1 cm³/mol. The summed E-state index contributed by atoms with van der Waals surface area (Å²) in [5.41, 5.74) is 7.96. The van der Waals surface area contributed by atoms with E-state index in [4.69, 9.17) is 5.73 Å². The fraction of sp³-hybridized carbons (Fsp3) is 0.500. The Balaban J connectivity index is 2.44. The molecular weight excluding hydrogens is 212 g/mol. The maximum absolute atomic E-state index is 11.9. The number of hydrogen-bond donors (Lipinski definition) is 2. The summed E-state index contributed by atoms with van der Waals surface area (Å²) >= 11 is 0. The number of nitrogens with one attached hydrogen (secondary N) is 1. The molecule has 0 aliphatic carbocycles. The molecule has 0 atom stereocenters. The van der Waals surface area contributed by atoms with Gasteiger partial charge in [0.15, 0.2) is 0 Å². The highest BCUT2D eigenvalue weighted by molar-refractivity contribution is 5.99. The average molecular weight is 234 g/mol. The lowest BCUT2D eigenvalue weighted by atomic mass is 10.1. The van der Waals surface area contributed by atoms with E-state index in [-0.39, 0.29) is 5.91 Å². The van der Waals surface area contributed by atoms with Crippen molar-refractivity contribution in [3.8, 4) is 0 Å². The molecule has 3 nitrogen and oxygen atoms in total. The van der Waals surface area contributed by atoms with Crippen LogP contribution in [-0.2, 0) is 0 Å². The first-order valence-corrected chi connectivity index (χ1v) is 6.29. The maximum atomic E-state index is 11.9. The quantitative estimate of drug-likeness (QED) is 0.587. The summed E-state index contributed by atoms with van der Waals surface area (Å²) in [5.74, 6) is -0.0669. The van der Waals surface area contributed by atoms with Crippen molar-refractivity contribution in [2.45, 2.75) is 39.5 Å². The number of aryl methyl sites for hydroxylation is 1. The molecule has 0 aliphatic heterocycles. The Morgan fingerprint density at radius 2 is 2.06 bits per heavy atom. The van der Waals surface area contributed by atoms with Gasteiger partial charge in [0.05, 0.1) is 5.56 Å². The van der Waals surface area contributed by atoms with Gasteiger partial charge in [0.25, 0.3) is 5.91 Å². The van der Waals surface area contributed by atoms with Crippen molar-refractivity contribution in [1.82, 2.24) is 5.32 Å². The third-order valence-corrected chi connectivity index (χ3v) is 2.77. The van der Waals surface area contributed by atoms with Crippen LogP contribution in [0.4, 0.5) is 5.69 Å². The highest BCUT2D eigenvalue weighted by Crippen LogP contribution is 2.13. The van der Waals surface area contributed by atoms with Gasteiger partial charge in [0.1, 0.15) is 0 Å². The number of hydrogen-bond acceptors (Lipinski definition) is 2. The van der Waals surface area contributed by atoms with E-state index in [0.717, 1.165) is 18.5 Å². The van der Waals surface area contributed by atoms with Crippen LogP contribution in [0.25, 0.3) is 0 Å². The van der Waals surface area contributed by atoms with Crippen molar-refractivity contribution in [1.29, 1.82) is 0 Å². The molecule has 0 aromatic heterocycles. The van der Waals surface area contributed by atoms with E-state index < -0.39 is 0 Å². The number of unbranched alkanes of at least 4 members (excludes halogenated alkanes) is 3. The van der Waals surface area contributed by atoms with Crippen molar-refractivity contribution < 1.29 is 4.79 Å². The molecule has 17 heavy (non-hydrogen) atoms. The standard InChI is InChI=1S/C14H22N2O/c1-3-4-5-6-9-16-14(17)12-10-11(2)7-8-13(12)15/h7-8,10H,3-6,9,15H2,1-2H3,(H,16,17). The Morgan fingerprint density at radius 1 is 1.29 bits per heavy atom. The SMILES string of the molecule is CCCCCCNC(=O)c1cc(C)ccc1N. The van der Waals surface area contributed by atoms with E-state index in [0.29, 0.717) is 11.3 Å². The summed E-state index contributed by atoms with van der Waals surface area (Å²) in [5, 5.41) is 2.91. The Labute approximate surface area is 103 Å². The van der Waals surface area contributed by atoms with Crippen molar-refractivity contribution in [3.05, 3.63) is 29.3 Å². The van der Waals surface area contributed by atoms with E-state index >= 15 is 0 Å². The molecule has 1 aromatic carbocycles. The number of benzene rings is 1. The first-order chi connectivity index (χ1) is 8.15. The molecule has 0 saturated heterocycles. The van der Waals surface area contributed by atoms with Crippen LogP contribution in [0.2, 0.25) is 0 Å². The van der Waals surface area contributed by atoms with E-state index in [2.05, 4.69) is 12.2 Å². The summed E-state index contributed by atoms with van der Waals surface area (Å²) in [6.07, 6.45) is 4.63. The van der Waals surface area contributed by atoms with Crippen LogP contribution in [0.1, 0.15) is 48.5 Å². The molecule has 1 rings (SSSR count). The summed E-state index contributed by atoms with van der Waals surface area (Å²) in [7, 11) is 0. The zero-order valence-electron chi connectivity index (χ0n) is 10.8. The number of carbonyl (C=O) groups excluding carboxylic acids is 1. The average Bonchev–Trinajstić information content (AvgIpc) is 2.32. The van der Waals surface area contributed by atoms with E-state index in [1.165, 1.54) is 19.3 Å². The number of rotatable bonds is 6. The van der Waals surface area contributed by atoms with Crippen LogP contribution < -0.4 is 11.1 Å². The third kappa shape index (κ3) is 4.47. The minimum absolute atomic E-state index is 0.0669. The second-order valence-electron chi connectivity index (χ2n) is 4.41. The highest BCUT2D eigenvalue weighted by Gasteiger charge is 2.08. The van der Waals surface area contributed by atoms with Crippen LogP contribution in [0.5, 0.6) is 0 Å². The summed E-state index contributed by atoms with van der Waals surface area (Å²) in [6.45, 7) is 4.86. The summed E-state index contributed by atoms with van der Waals surface area (Å²) in [4.78, 5) is 11.9. The van der Waals surface area contributed by atoms with E-state index in [1.54, 1.807) is 6.07 Å². The lowest BCUT2D eigenvalue weighted by molar-refractivity contribution is 0.0954. The molecule has 0 saturated carbocycles.